The molecule has 0 atom stereocenters. The van der Waals surface area contributed by atoms with Gasteiger partial charge in [0.05, 0.1) is 16.4 Å². The predicted octanol–water partition coefficient (Wildman–Crippen LogP) is 16.6. The smallest absolute Gasteiger partial charge is 0.0713 e. The SMILES string of the molecule is c1ccc(C2(c3ccccc3)c3ccccc3-c3cc(N(c4ccc(-c5cccc6c5ccc5ccccc56)cc4)c4cccc(-n5c6ccccc6c6ccccc65)c4)ccc32)cc1. The van der Waals surface area contributed by atoms with Crippen LogP contribution in [0.15, 0.2) is 255 Å². The summed E-state index contributed by atoms with van der Waals surface area (Å²) >= 11 is 0. The van der Waals surface area contributed by atoms with Gasteiger partial charge in [0, 0.05) is 33.5 Å². The van der Waals surface area contributed by atoms with Gasteiger partial charge < -0.3 is 9.47 Å². The van der Waals surface area contributed by atoms with Crippen LogP contribution in [-0.4, -0.2) is 4.57 Å². The van der Waals surface area contributed by atoms with Gasteiger partial charge in [0.15, 0.2) is 0 Å². The van der Waals surface area contributed by atoms with E-state index in [-0.39, 0.29) is 0 Å². The van der Waals surface area contributed by atoms with Crippen molar-refractivity contribution in [2.24, 2.45) is 0 Å². The summed E-state index contributed by atoms with van der Waals surface area (Å²) in [7, 11) is 0. The molecule has 12 aromatic rings. The fourth-order valence-corrected chi connectivity index (χ4v) is 11.1. The van der Waals surface area contributed by atoms with Crippen molar-refractivity contribution in [1.82, 2.24) is 4.57 Å². The molecule has 0 saturated heterocycles. The Balaban J connectivity index is 1.02. The first-order valence-electron chi connectivity index (χ1n) is 22.5. The Morgan fingerprint density at radius 3 is 1.60 bits per heavy atom. The molecule has 0 amide bonds. The predicted molar refractivity (Wildman–Crippen MR) is 273 cm³/mol. The van der Waals surface area contributed by atoms with Gasteiger partial charge in [-0.3, -0.25) is 0 Å². The van der Waals surface area contributed by atoms with Crippen LogP contribution in [0.1, 0.15) is 22.3 Å². The van der Waals surface area contributed by atoms with Gasteiger partial charge in [-0.1, -0.05) is 200 Å². The summed E-state index contributed by atoms with van der Waals surface area (Å²) < 4.78 is 2.41. The highest BCUT2D eigenvalue weighted by atomic mass is 15.1. The second kappa shape index (κ2) is 14.8. The van der Waals surface area contributed by atoms with Crippen LogP contribution in [0, 0.1) is 0 Å². The van der Waals surface area contributed by atoms with Gasteiger partial charge in [-0.2, -0.15) is 0 Å². The zero-order chi connectivity index (χ0) is 42.9. The van der Waals surface area contributed by atoms with Gasteiger partial charge in [0.25, 0.3) is 0 Å². The van der Waals surface area contributed by atoms with Crippen molar-refractivity contribution in [3.63, 3.8) is 0 Å². The van der Waals surface area contributed by atoms with E-state index in [0.29, 0.717) is 0 Å². The zero-order valence-corrected chi connectivity index (χ0v) is 35.6. The van der Waals surface area contributed by atoms with Crippen molar-refractivity contribution < 1.29 is 0 Å². The summed E-state index contributed by atoms with van der Waals surface area (Å²) in [6, 6.07) is 93.9. The van der Waals surface area contributed by atoms with Crippen LogP contribution >= 0.6 is 0 Å². The molecule has 0 bridgehead atoms. The molecule has 11 aromatic carbocycles. The molecule has 0 fully saturated rings. The molecule has 0 saturated carbocycles. The molecule has 0 radical (unpaired) electrons. The quantitative estimate of drug-likeness (QED) is 0.145. The fraction of sp³-hybridized carbons (Fsp3) is 0.0159. The number of benzene rings is 11. The lowest BCUT2D eigenvalue weighted by molar-refractivity contribution is 0.768. The first-order valence-corrected chi connectivity index (χ1v) is 22.5. The maximum Gasteiger partial charge on any atom is 0.0713 e. The maximum atomic E-state index is 2.44. The first kappa shape index (κ1) is 37.1. The van der Waals surface area contributed by atoms with Crippen molar-refractivity contribution in [2.45, 2.75) is 5.41 Å². The Hall–Kier alpha value is -8.46. The van der Waals surface area contributed by atoms with Crippen molar-refractivity contribution in [2.75, 3.05) is 4.90 Å². The van der Waals surface area contributed by atoms with Crippen LogP contribution in [0.2, 0.25) is 0 Å². The van der Waals surface area contributed by atoms with Gasteiger partial charge in [-0.25, -0.2) is 0 Å². The summed E-state index contributed by atoms with van der Waals surface area (Å²) in [6.07, 6.45) is 0. The van der Waals surface area contributed by atoms with Crippen LogP contribution in [0.5, 0.6) is 0 Å². The summed E-state index contributed by atoms with van der Waals surface area (Å²) in [6.45, 7) is 0. The fourth-order valence-electron chi connectivity index (χ4n) is 11.1. The van der Waals surface area contributed by atoms with Gasteiger partial charge in [0.1, 0.15) is 0 Å². The molecular formula is C63H42N2. The zero-order valence-electron chi connectivity index (χ0n) is 35.6. The van der Waals surface area contributed by atoms with Crippen LogP contribution in [0.25, 0.3) is 71.3 Å². The molecular weight excluding hydrogens is 785 g/mol. The van der Waals surface area contributed by atoms with E-state index in [4.69, 9.17) is 0 Å². The van der Waals surface area contributed by atoms with E-state index < -0.39 is 5.41 Å². The van der Waals surface area contributed by atoms with E-state index in [0.717, 1.165) is 22.7 Å². The number of hydrogen-bond donors (Lipinski definition) is 0. The second-order valence-electron chi connectivity index (χ2n) is 17.2. The molecule has 0 spiro atoms. The van der Waals surface area contributed by atoms with Crippen LogP contribution in [0.4, 0.5) is 17.1 Å². The molecule has 65 heavy (non-hydrogen) atoms. The first-order chi connectivity index (χ1) is 32.3. The molecule has 0 aliphatic heterocycles. The van der Waals surface area contributed by atoms with Crippen molar-refractivity contribution in [1.29, 1.82) is 0 Å². The summed E-state index contributed by atoms with van der Waals surface area (Å²) in [5, 5.41) is 7.56. The van der Waals surface area contributed by atoms with E-state index in [2.05, 4.69) is 264 Å². The number of anilines is 3. The lowest BCUT2D eigenvalue weighted by Gasteiger charge is -2.34. The average molecular weight is 827 g/mol. The largest absolute Gasteiger partial charge is 0.310 e. The monoisotopic (exact) mass is 826 g/mol. The average Bonchev–Trinajstić information content (AvgIpc) is 3.88. The normalized spacial score (nSPS) is 12.7. The molecule has 2 nitrogen and oxygen atoms in total. The number of fused-ring (bicyclic) bond motifs is 9. The second-order valence-corrected chi connectivity index (χ2v) is 17.2. The third-order valence-corrected chi connectivity index (χ3v) is 13.8. The van der Waals surface area contributed by atoms with Crippen LogP contribution in [0.3, 0.4) is 0 Å². The van der Waals surface area contributed by atoms with E-state index in [1.165, 1.54) is 87.9 Å². The highest BCUT2D eigenvalue weighted by molar-refractivity contribution is 6.12. The van der Waals surface area contributed by atoms with Gasteiger partial charge in [0.2, 0.25) is 0 Å². The number of aromatic nitrogens is 1. The van der Waals surface area contributed by atoms with E-state index in [1.54, 1.807) is 0 Å². The van der Waals surface area contributed by atoms with E-state index in [1.807, 2.05) is 0 Å². The number of nitrogens with zero attached hydrogens (tertiary/aromatic N) is 2. The van der Waals surface area contributed by atoms with Crippen LogP contribution in [-0.2, 0) is 5.41 Å². The molecule has 1 aliphatic carbocycles. The summed E-state index contributed by atoms with van der Waals surface area (Å²) in [4.78, 5) is 2.44. The van der Waals surface area contributed by atoms with Gasteiger partial charge in [-0.05, 0) is 121 Å². The van der Waals surface area contributed by atoms with Crippen molar-refractivity contribution in [3.05, 3.63) is 277 Å². The Labute approximate surface area is 378 Å². The maximum absolute atomic E-state index is 2.44. The lowest BCUT2D eigenvalue weighted by Crippen LogP contribution is -2.28. The van der Waals surface area contributed by atoms with Gasteiger partial charge >= 0.3 is 0 Å². The van der Waals surface area contributed by atoms with Gasteiger partial charge in [-0.15, -0.1) is 0 Å². The minimum atomic E-state index is -0.473. The molecule has 0 unspecified atom stereocenters. The molecule has 1 aliphatic rings. The molecule has 304 valence electrons. The standard InChI is InChI=1S/C63H42N2/c1-3-18-45(19-4-1)63(46-20-5-2-6-21-46)59-30-12-9-25-55(59)58-42-50(38-40-60(58)63)64(48-22-15-23-49(41-48)65-61-31-13-10-26-56(61)57-27-11-14-32-62(57)65)47-36-33-44(34-37-47)52-28-16-29-53-51-24-8-7-17-43(51)35-39-54(52)53/h1-42H. The van der Waals surface area contributed by atoms with E-state index >= 15 is 0 Å². The summed E-state index contributed by atoms with van der Waals surface area (Å²) in [5.41, 5.74) is 16.3. The number of para-hydroxylation sites is 2. The Kier molecular flexibility index (Phi) is 8.47. The Bertz CT molecular complexity index is 3680. The molecule has 13 rings (SSSR count). The third-order valence-electron chi connectivity index (χ3n) is 13.8. The minimum absolute atomic E-state index is 0.473. The molecule has 0 N–H and O–H groups in total. The minimum Gasteiger partial charge on any atom is -0.310 e. The highest BCUT2D eigenvalue weighted by Gasteiger charge is 2.46. The molecule has 1 aromatic heterocycles. The Morgan fingerprint density at radius 2 is 0.862 bits per heavy atom. The Morgan fingerprint density at radius 1 is 0.308 bits per heavy atom. The molecule has 2 heteroatoms. The lowest BCUT2D eigenvalue weighted by atomic mass is 9.68. The third kappa shape index (κ3) is 5.67. The number of hydrogen-bond acceptors (Lipinski definition) is 1. The molecule has 1 heterocycles. The van der Waals surface area contributed by atoms with E-state index in [9.17, 15) is 0 Å². The topological polar surface area (TPSA) is 8.17 Å². The highest BCUT2D eigenvalue weighted by Crippen LogP contribution is 2.57. The van der Waals surface area contributed by atoms with Crippen molar-refractivity contribution >= 4 is 60.4 Å². The van der Waals surface area contributed by atoms with Crippen LogP contribution < -0.4 is 4.90 Å². The summed E-state index contributed by atoms with van der Waals surface area (Å²) in [5.74, 6) is 0. The van der Waals surface area contributed by atoms with Crippen molar-refractivity contribution in [3.8, 4) is 27.9 Å². The number of rotatable bonds is 7.